The molecule has 3 rings (SSSR count). The molecule has 8 nitrogen and oxygen atoms in total. The standard InChI is InChI=1S/C16H22N6O2/c1-21-15(3-5-19-21)20-14-12-13(2-4-17-14)16(23)18-6-7-22-8-10-24-11-9-22/h2-5,12H,6-11H2,1H3,(H,17,20)(H,18,23). The molecule has 8 heteroatoms. The summed E-state index contributed by atoms with van der Waals surface area (Å²) in [5, 5.41) is 10.2. The minimum Gasteiger partial charge on any atom is -0.379 e. The van der Waals surface area contributed by atoms with E-state index < -0.39 is 0 Å². The van der Waals surface area contributed by atoms with E-state index in [-0.39, 0.29) is 5.91 Å². The van der Waals surface area contributed by atoms with Gasteiger partial charge in [0, 0.05) is 51.1 Å². The van der Waals surface area contributed by atoms with E-state index in [0.717, 1.165) is 38.7 Å². The van der Waals surface area contributed by atoms with Crippen molar-refractivity contribution in [3.63, 3.8) is 0 Å². The van der Waals surface area contributed by atoms with Gasteiger partial charge in [-0.3, -0.25) is 14.4 Å². The van der Waals surface area contributed by atoms with Crippen molar-refractivity contribution < 1.29 is 9.53 Å². The first-order valence-corrected chi connectivity index (χ1v) is 8.02. The van der Waals surface area contributed by atoms with Crippen LogP contribution in [0.15, 0.2) is 30.6 Å². The summed E-state index contributed by atoms with van der Waals surface area (Å²) >= 11 is 0. The summed E-state index contributed by atoms with van der Waals surface area (Å²) in [6.07, 6.45) is 3.32. The smallest absolute Gasteiger partial charge is 0.251 e. The SMILES string of the molecule is Cn1nccc1Nc1cc(C(=O)NCCN2CCOCC2)ccn1. The van der Waals surface area contributed by atoms with Crippen LogP contribution in [0, 0.1) is 0 Å². The van der Waals surface area contributed by atoms with E-state index in [1.54, 1.807) is 29.2 Å². The van der Waals surface area contributed by atoms with E-state index in [1.165, 1.54) is 0 Å². The fourth-order valence-electron chi connectivity index (χ4n) is 2.52. The number of hydrogen-bond acceptors (Lipinski definition) is 6. The largest absolute Gasteiger partial charge is 0.379 e. The van der Waals surface area contributed by atoms with Crippen LogP contribution in [0.2, 0.25) is 0 Å². The lowest BCUT2D eigenvalue weighted by molar-refractivity contribution is 0.0383. The summed E-state index contributed by atoms with van der Waals surface area (Å²) in [6.45, 7) is 4.82. The van der Waals surface area contributed by atoms with Gasteiger partial charge in [-0.05, 0) is 12.1 Å². The third kappa shape index (κ3) is 4.30. The normalized spacial score (nSPS) is 15.2. The minimum atomic E-state index is -0.0984. The number of amides is 1. The van der Waals surface area contributed by atoms with Crippen molar-refractivity contribution in [2.24, 2.45) is 7.05 Å². The van der Waals surface area contributed by atoms with Gasteiger partial charge in [-0.2, -0.15) is 5.10 Å². The highest BCUT2D eigenvalue weighted by atomic mass is 16.5. The molecule has 1 aliphatic heterocycles. The number of morpholine rings is 1. The zero-order chi connectivity index (χ0) is 16.8. The molecule has 0 radical (unpaired) electrons. The number of pyridine rings is 1. The van der Waals surface area contributed by atoms with Crippen LogP contribution >= 0.6 is 0 Å². The van der Waals surface area contributed by atoms with Gasteiger partial charge in [0.15, 0.2) is 0 Å². The number of aryl methyl sites for hydroxylation is 1. The molecule has 0 aliphatic carbocycles. The van der Waals surface area contributed by atoms with Crippen LogP contribution in [0.5, 0.6) is 0 Å². The van der Waals surface area contributed by atoms with Gasteiger partial charge >= 0.3 is 0 Å². The summed E-state index contributed by atoms with van der Waals surface area (Å²) in [5.41, 5.74) is 0.580. The van der Waals surface area contributed by atoms with Crippen molar-refractivity contribution in [2.45, 2.75) is 0 Å². The second-order valence-corrected chi connectivity index (χ2v) is 5.60. The van der Waals surface area contributed by atoms with Crippen LogP contribution in [0.4, 0.5) is 11.6 Å². The lowest BCUT2D eigenvalue weighted by atomic mass is 10.2. The van der Waals surface area contributed by atoms with E-state index in [0.29, 0.717) is 17.9 Å². The summed E-state index contributed by atoms with van der Waals surface area (Å²) < 4.78 is 7.02. The topological polar surface area (TPSA) is 84.3 Å². The van der Waals surface area contributed by atoms with Gasteiger partial charge in [0.2, 0.25) is 0 Å². The fraction of sp³-hybridized carbons (Fsp3) is 0.438. The van der Waals surface area contributed by atoms with Gasteiger partial charge in [-0.15, -0.1) is 0 Å². The molecule has 1 aliphatic rings. The summed E-state index contributed by atoms with van der Waals surface area (Å²) in [7, 11) is 1.84. The van der Waals surface area contributed by atoms with Gasteiger partial charge in [0.25, 0.3) is 5.91 Å². The first-order valence-electron chi connectivity index (χ1n) is 8.02. The molecule has 2 aromatic rings. The maximum Gasteiger partial charge on any atom is 0.251 e. The Morgan fingerprint density at radius 1 is 1.29 bits per heavy atom. The lowest BCUT2D eigenvalue weighted by Gasteiger charge is -2.26. The van der Waals surface area contributed by atoms with Gasteiger partial charge < -0.3 is 15.4 Å². The molecule has 3 heterocycles. The molecule has 0 bridgehead atoms. The number of ether oxygens (including phenoxy) is 1. The van der Waals surface area contributed by atoms with Gasteiger partial charge in [0.1, 0.15) is 11.6 Å². The van der Waals surface area contributed by atoms with Crippen molar-refractivity contribution in [1.82, 2.24) is 25.0 Å². The average molecular weight is 330 g/mol. The maximum atomic E-state index is 12.3. The molecule has 0 spiro atoms. The molecule has 0 saturated carbocycles. The summed E-state index contributed by atoms with van der Waals surface area (Å²) in [6, 6.07) is 5.28. The number of carbonyl (C=O) groups is 1. The highest BCUT2D eigenvalue weighted by Crippen LogP contribution is 2.14. The molecule has 0 aromatic carbocycles. The Morgan fingerprint density at radius 2 is 2.12 bits per heavy atom. The van der Waals surface area contributed by atoms with E-state index in [1.807, 2.05) is 13.1 Å². The molecule has 1 fully saturated rings. The molecular formula is C16H22N6O2. The van der Waals surface area contributed by atoms with E-state index >= 15 is 0 Å². The Hall–Kier alpha value is -2.45. The van der Waals surface area contributed by atoms with E-state index in [2.05, 4.69) is 25.6 Å². The molecule has 1 saturated heterocycles. The van der Waals surface area contributed by atoms with Gasteiger partial charge in [-0.1, -0.05) is 0 Å². The van der Waals surface area contributed by atoms with Crippen molar-refractivity contribution in [3.8, 4) is 0 Å². The van der Waals surface area contributed by atoms with Crippen LogP contribution in [0.1, 0.15) is 10.4 Å². The molecule has 0 unspecified atom stereocenters. The Morgan fingerprint density at radius 3 is 2.88 bits per heavy atom. The average Bonchev–Trinajstić information content (AvgIpc) is 3.01. The monoisotopic (exact) mass is 330 g/mol. The van der Waals surface area contributed by atoms with Crippen LogP contribution in [0.3, 0.4) is 0 Å². The predicted molar refractivity (Wildman–Crippen MR) is 90.3 cm³/mol. The maximum absolute atomic E-state index is 12.3. The second-order valence-electron chi connectivity index (χ2n) is 5.60. The van der Waals surface area contributed by atoms with Crippen LogP contribution in [-0.4, -0.2) is 65.0 Å². The highest BCUT2D eigenvalue weighted by Gasteiger charge is 2.11. The number of nitrogens with zero attached hydrogens (tertiary/aromatic N) is 4. The van der Waals surface area contributed by atoms with Crippen LogP contribution < -0.4 is 10.6 Å². The van der Waals surface area contributed by atoms with Gasteiger partial charge in [-0.25, -0.2) is 4.98 Å². The number of anilines is 2. The van der Waals surface area contributed by atoms with E-state index in [9.17, 15) is 4.79 Å². The van der Waals surface area contributed by atoms with Crippen molar-refractivity contribution >= 4 is 17.5 Å². The molecule has 24 heavy (non-hydrogen) atoms. The number of rotatable bonds is 6. The van der Waals surface area contributed by atoms with Crippen molar-refractivity contribution in [3.05, 3.63) is 36.2 Å². The Balaban J connectivity index is 1.53. The number of carbonyl (C=O) groups excluding carboxylic acids is 1. The second kappa shape index (κ2) is 7.89. The van der Waals surface area contributed by atoms with Crippen LogP contribution in [-0.2, 0) is 11.8 Å². The molecular weight excluding hydrogens is 308 g/mol. The molecule has 128 valence electrons. The molecule has 2 N–H and O–H groups in total. The number of nitrogens with one attached hydrogen (secondary N) is 2. The Kier molecular flexibility index (Phi) is 5.39. The lowest BCUT2D eigenvalue weighted by Crippen LogP contribution is -2.41. The highest BCUT2D eigenvalue weighted by molar-refractivity contribution is 5.94. The quantitative estimate of drug-likeness (QED) is 0.808. The van der Waals surface area contributed by atoms with Crippen molar-refractivity contribution in [2.75, 3.05) is 44.7 Å². The number of aromatic nitrogens is 3. The van der Waals surface area contributed by atoms with Crippen molar-refractivity contribution in [1.29, 1.82) is 0 Å². The molecule has 2 aromatic heterocycles. The first-order chi connectivity index (χ1) is 11.7. The molecule has 0 atom stereocenters. The third-order valence-corrected chi connectivity index (χ3v) is 3.92. The number of hydrogen-bond donors (Lipinski definition) is 2. The van der Waals surface area contributed by atoms with Crippen LogP contribution in [0.25, 0.3) is 0 Å². The Bertz CT molecular complexity index is 681. The van der Waals surface area contributed by atoms with E-state index in [4.69, 9.17) is 4.74 Å². The molecule has 1 amide bonds. The summed E-state index contributed by atoms with van der Waals surface area (Å²) in [4.78, 5) is 18.8. The van der Waals surface area contributed by atoms with Gasteiger partial charge in [0.05, 0.1) is 19.4 Å². The first kappa shape index (κ1) is 16.4. The Labute approximate surface area is 140 Å². The zero-order valence-electron chi connectivity index (χ0n) is 13.7. The minimum absolute atomic E-state index is 0.0984. The zero-order valence-corrected chi connectivity index (χ0v) is 13.7. The third-order valence-electron chi connectivity index (χ3n) is 3.92. The predicted octanol–water partition coefficient (Wildman–Crippen LogP) is 0.621. The summed E-state index contributed by atoms with van der Waals surface area (Å²) in [5.74, 6) is 1.32. The fourth-order valence-corrected chi connectivity index (χ4v) is 2.52.